The van der Waals surface area contributed by atoms with E-state index in [0.717, 1.165) is 22.2 Å². The topological polar surface area (TPSA) is 62.0 Å². The molecule has 2 aromatic rings. The molecule has 0 radical (unpaired) electrons. The summed E-state index contributed by atoms with van der Waals surface area (Å²) in [6.07, 6.45) is 0. The lowest BCUT2D eigenvalue weighted by molar-refractivity contribution is 0.278. The normalized spacial score (nSPS) is 10.9. The van der Waals surface area contributed by atoms with Crippen molar-refractivity contribution in [1.29, 1.82) is 0 Å². The summed E-state index contributed by atoms with van der Waals surface area (Å²) in [4.78, 5) is 3.11. The van der Waals surface area contributed by atoms with Gasteiger partial charge in [-0.3, -0.25) is 0 Å². The number of aliphatic hydroxyl groups excluding tert-OH is 1. The molecule has 68 valence electrons. The quantitative estimate of drug-likeness (QED) is 0.642. The number of aromatic nitrogens is 1. The van der Waals surface area contributed by atoms with Crippen LogP contribution >= 0.6 is 0 Å². The minimum Gasteiger partial charge on any atom is -0.390 e. The minimum absolute atomic E-state index is 0.0483. The SMILES string of the molecule is NCc1ccc2cc(CO)[nH]c2c1. The second-order valence-electron chi connectivity index (χ2n) is 3.08. The molecule has 0 bridgehead atoms. The number of nitrogens with two attached hydrogens (primary N) is 1. The van der Waals surface area contributed by atoms with Crippen molar-refractivity contribution in [3.05, 3.63) is 35.5 Å². The zero-order valence-corrected chi connectivity index (χ0v) is 7.25. The summed E-state index contributed by atoms with van der Waals surface area (Å²) in [5.74, 6) is 0. The van der Waals surface area contributed by atoms with E-state index in [1.54, 1.807) is 0 Å². The number of aromatic amines is 1. The van der Waals surface area contributed by atoms with E-state index in [1.807, 2.05) is 24.3 Å². The predicted octanol–water partition coefficient (Wildman–Crippen LogP) is 1.12. The molecular weight excluding hydrogens is 164 g/mol. The fraction of sp³-hybridized carbons (Fsp3) is 0.200. The Morgan fingerprint density at radius 3 is 2.85 bits per heavy atom. The van der Waals surface area contributed by atoms with E-state index in [-0.39, 0.29) is 6.61 Å². The maximum Gasteiger partial charge on any atom is 0.0831 e. The highest BCUT2D eigenvalue weighted by atomic mass is 16.3. The molecule has 1 aromatic carbocycles. The van der Waals surface area contributed by atoms with Gasteiger partial charge in [-0.2, -0.15) is 0 Å². The molecule has 0 saturated carbocycles. The molecule has 0 unspecified atom stereocenters. The lowest BCUT2D eigenvalue weighted by Crippen LogP contribution is -1.94. The van der Waals surface area contributed by atoms with Crippen molar-refractivity contribution < 1.29 is 5.11 Å². The fourth-order valence-corrected chi connectivity index (χ4v) is 1.45. The zero-order chi connectivity index (χ0) is 9.26. The van der Waals surface area contributed by atoms with Crippen LogP contribution in [0.15, 0.2) is 24.3 Å². The third-order valence-electron chi connectivity index (χ3n) is 2.15. The van der Waals surface area contributed by atoms with Gasteiger partial charge in [-0.05, 0) is 23.1 Å². The molecule has 1 aromatic heterocycles. The number of hydrogen-bond acceptors (Lipinski definition) is 2. The van der Waals surface area contributed by atoms with Crippen molar-refractivity contribution in [3.8, 4) is 0 Å². The van der Waals surface area contributed by atoms with Gasteiger partial charge in [-0.25, -0.2) is 0 Å². The maximum absolute atomic E-state index is 8.91. The molecule has 0 aliphatic rings. The van der Waals surface area contributed by atoms with Crippen LogP contribution in [0.5, 0.6) is 0 Å². The summed E-state index contributed by atoms with van der Waals surface area (Å²) in [6, 6.07) is 7.95. The van der Waals surface area contributed by atoms with E-state index >= 15 is 0 Å². The third-order valence-corrected chi connectivity index (χ3v) is 2.15. The smallest absolute Gasteiger partial charge is 0.0831 e. The van der Waals surface area contributed by atoms with Crippen LogP contribution in [-0.2, 0) is 13.2 Å². The molecule has 2 rings (SSSR count). The van der Waals surface area contributed by atoms with E-state index in [4.69, 9.17) is 10.8 Å². The molecule has 0 atom stereocenters. The summed E-state index contributed by atoms with van der Waals surface area (Å²) in [5, 5.41) is 10.0. The first-order valence-electron chi connectivity index (χ1n) is 4.25. The summed E-state index contributed by atoms with van der Waals surface area (Å²) in [7, 11) is 0. The van der Waals surface area contributed by atoms with Gasteiger partial charge in [0, 0.05) is 17.8 Å². The number of fused-ring (bicyclic) bond motifs is 1. The molecule has 3 heteroatoms. The molecule has 0 aliphatic heterocycles. The van der Waals surface area contributed by atoms with E-state index in [2.05, 4.69) is 4.98 Å². The number of benzene rings is 1. The van der Waals surface area contributed by atoms with E-state index in [9.17, 15) is 0 Å². The monoisotopic (exact) mass is 176 g/mol. The fourth-order valence-electron chi connectivity index (χ4n) is 1.45. The first-order valence-corrected chi connectivity index (χ1v) is 4.25. The Hall–Kier alpha value is -1.32. The van der Waals surface area contributed by atoms with Crippen LogP contribution < -0.4 is 5.73 Å². The second kappa shape index (κ2) is 3.20. The standard InChI is InChI=1S/C10H12N2O/c11-5-7-1-2-8-4-9(6-13)12-10(8)3-7/h1-4,12-13H,5-6,11H2. The number of nitrogens with one attached hydrogen (secondary N) is 1. The van der Waals surface area contributed by atoms with Gasteiger partial charge in [0.25, 0.3) is 0 Å². The van der Waals surface area contributed by atoms with E-state index in [1.165, 1.54) is 0 Å². The summed E-state index contributed by atoms with van der Waals surface area (Å²) in [5.41, 5.74) is 8.48. The Morgan fingerprint density at radius 2 is 2.15 bits per heavy atom. The molecule has 0 aliphatic carbocycles. The average Bonchev–Trinajstić information content (AvgIpc) is 2.58. The van der Waals surface area contributed by atoms with Crippen molar-refractivity contribution in [2.24, 2.45) is 5.73 Å². The molecule has 0 amide bonds. The molecule has 1 heterocycles. The largest absolute Gasteiger partial charge is 0.390 e. The van der Waals surface area contributed by atoms with E-state index < -0.39 is 0 Å². The summed E-state index contributed by atoms with van der Waals surface area (Å²) >= 11 is 0. The van der Waals surface area contributed by atoms with Gasteiger partial charge in [0.2, 0.25) is 0 Å². The van der Waals surface area contributed by atoms with Crippen LogP contribution in [0.1, 0.15) is 11.3 Å². The molecule has 13 heavy (non-hydrogen) atoms. The number of rotatable bonds is 2. The Balaban J connectivity index is 2.57. The van der Waals surface area contributed by atoms with Crippen molar-refractivity contribution >= 4 is 10.9 Å². The van der Waals surface area contributed by atoms with Crippen molar-refractivity contribution in [1.82, 2.24) is 4.98 Å². The van der Waals surface area contributed by atoms with Gasteiger partial charge in [-0.1, -0.05) is 12.1 Å². The van der Waals surface area contributed by atoms with Crippen LogP contribution in [-0.4, -0.2) is 10.1 Å². The van der Waals surface area contributed by atoms with Gasteiger partial charge in [0.1, 0.15) is 0 Å². The van der Waals surface area contributed by atoms with Gasteiger partial charge >= 0.3 is 0 Å². The first-order chi connectivity index (χ1) is 6.33. The summed E-state index contributed by atoms with van der Waals surface area (Å²) in [6.45, 7) is 0.593. The van der Waals surface area contributed by atoms with Gasteiger partial charge in [0.15, 0.2) is 0 Å². The van der Waals surface area contributed by atoms with Crippen LogP contribution in [0.2, 0.25) is 0 Å². The highest BCUT2D eigenvalue weighted by Crippen LogP contribution is 2.16. The first kappa shape index (κ1) is 8.29. The molecule has 0 fully saturated rings. The Kier molecular flexibility index (Phi) is 2.04. The van der Waals surface area contributed by atoms with E-state index in [0.29, 0.717) is 6.54 Å². The van der Waals surface area contributed by atoms with Crippen molar-refractivity contribution in [3.63, 3.8) is 0 Å². The average molecular weight is 176 g/mol. The van der Waals surface area contributed by atoms with Crippen molar-refractivity contribution in [2.75, 3.05) is 0 Å². The lowest BCUT2D eigenvalue weighted by Gasteiger charge is -1.95. The minimum atomic E-state index is 0.0483. The van der Waals surface area contributed by atoms with Gasteiger partial charge in [-0.15, -0.1) is 0 Å². The Morgan fingerprint density at radius 1 is 1.31 bits per heavy atom. The van der Waals surface area contributed by atoms with Crippen LogP contribution in [0.3, 0.4) is 0 Å². The van der Waals surface area contributed by atoms with Crippen LogP contribution in [0.25, 0.3) is 10.9 Å². The number of aliphatic hydroxyl groups is 1. The number of H-pyrrole nitrogens is 1. The van der Waals surface area contributed by atoms with Gasteiger partial charge in [0.05, 0.1) is 6.61 Å². The number of hydrogen-bond donors (Lipinski definition) is 3. The summed E-state index contributed by atoms with van der Waals surface area (Å²) < 4.78 is 0. The lowest BCUT2D eigenvalue weighted by atomic mass is 10.2. The van der Waals surface area contributed by atoms with Crippen LogP contribution in [0.4, 0.5) is 0 Å². The molecular formula is C10H12N2O. The molecule has 0 spiro atoms. The maximum atomic E-state index is 8.91. The Labute approximate surface area is 76.2 Å². The van der Waals surface area contributed by atoms with Crippen molar-refractivity contribution in [2.45, 2.75) is 13.2 Å². The Bertz CT molecular complexity index is 418. The molecule has 0 saturated heterocycles. The van der Waals surface area contributed by atoms with Gasteiger partial charge < -0.3 is 15.8 Å². The molecule has 3 nitrogen and oxygen atoms in total. The zero-order valence-electron chi connectivity index (χ0n) is 7.25. The highest BCUT2D eigenvalue weighted by Gasteiger charge is 1.99. The third kappa shape index (κ3) is 1.43. The second-order valence-corrected chi connectivity index (χ2v) is 3.08. The van der Waals surface area contributed by atoms with Crippen LogP contribution in [0, 0.1) is 0 Å². The highest BCUT2D eigenvalue weighted by molar-refractivity contribution is 5.81. The predicted molar refractivity (Wildman–Crippen MR) is 52.1 cm³/mol. The molecule has 4 N–H and O–H groups in total.